The van der Waals surface area contributed by atoms with Crippen molar-refractivity contribution < 1.29 is 4.58 Å². The van der Waals surface area contributed by atoms with Crippen molar-refractivity contribution in [3.05, 3.63) is 0 Å². The molecule has 0 fully saturated rings. The molecule has 0 heterocycles. The van der Waals surface area contributed by atoms with Crippen molar-refractivity contribution in [2.24, 2.45) is 0 Å². The molecular weight excluding hydrogens is 199 g/mol. The summed E-state index contributed by atoms with van der Waals surface area (Å²) < 4.78 is 1.93. The summed E-state index contributed by atoms with van der Waals surface area (Å²) in [6, 6.07) is 2.42. The Hall–Kier alpha value is -0.0616. The second-order valence-electron chi connectivity index (χ2n) is 2.85. The molecule has 0 radical (unpaired) electrons. The van der Waals surface area contributed by atoms with Gasteiger partial charge in [0.1, 0.15) is 0 Å². The average molecular weight is 217 g/mol. The Morgan fingerprint density at radius 1 is 1.45 bits per heavy atom. The van der Waals surface area contributed by atoms with Gasteiger partial charge in [0.15, 0.2) is 0 Å². The topological polar surface area (TPSA) is 26.9 Å². The van der Waals surface area contributed by atoms with Crippen LogP contribution in [0.1, 0.15) is 13.3 Å². The summed E-state index contributed by atoms with van der Waals surface area (Å²) >= 11 is -0.424. The molecule has 64 valence electrons. The van der Waals surface area contributed by atoms with Crippen LogP contribution >= 0.6 is 0 Å². The monoisotopic (exact) mass is 217 g/mol. The van der Waals surface area contributed by atoms with Gasteiger partial charge in [-0.2, -0.15) is 0 Å². The molecule has 0 aliphatic heterocycles. The number of hydrogen-bond donors (Lipinski definition) is 1. The third-order valence-corrected chi connectivity index (χ3v) is 4.11. The Morgan fingerprint density at radius 2 is 2.09 bits per heavy atom. The van der Waals surface area contributed by atoms with E-state index >= 15 is 0 Å². The summed E-state index contributed by atoms with van der Waals surface area (Å²) in [6.07, 6.45) is 1.24. The summed E-state index contributed by atoms with van der Waals surface area (Å²) in [4.78, 5) is 0. The first-order valence-electron chi connectivity index (χ1n) is 4.02. The predicted molar refractivity (Wildman–Crippen MR) is 50.3 cm³/mol. The van der Waals surface area contributed by atoms with Gasteiger partial charge in [0.05, 0.1) is 0 Å². The Labute approximate surface area is 74.1 Å². The molecule has 0 saturated heterocycles. The van der Waals surface area contributed by atoms with E-state index in [9.17, 15) is 0 Å². The van der Waals surface area contributed by atoms with Gasteiger partial charge in [0.25, 0.3) is 0 Å². The van der Waals surface area contributed by atoms with E-state index < -0.39 is 14.7 Å². The van der Waals surface area contributed by atoms with Crippen molar-refractivity contribution in [1.82, 2.24) is 0 Å². The third-order valence-electron chi connectivity index (χ3n) is 1.57. The molecule has 0 saturated carbocycles. The van der Waals surface area contributed by atoms with Crippen LogP contribution in [0.4, 0.5) is 0 Å². The normalized spacial score (nSPS) is 9.82. The third kappa shape index (κ3) is 6.34. The van der Waals surface area contributed by atoms with Gasteiger partial charge >= 0.3 is 73.7 Å². The molecule has 0 aromatic heterocycles. The van der Waals surface area contributed by atoms with E-state index in [1.165, 1.54) is 11.6 Å². The van der Waals surface area contributed by atoms with E-state index in [2.05, 4.69) is 24.4 Å². The van der Waals surface area contributed by atoms with Crippen LogP contribution in [-0.2, 0) is 0 Å². The van der Waals surface area contributed by atoms with Crippen molar-refractivity contribution in [3.8, 4) is 0 Å². The second kappa shape index (κ2) is 6.64. The minimum atomic E-state index is -0.424. The first-order chi connectivity index (χ1) is 5.20. The molecule has 0 aliphatic rings. The molecule has 0 spiro atoms. The van der Waals surface area contributed by atoms with Crippen molar-refractivity contribution in [3.63, 3.8) is 0 Å². The molecule has 0 bridgehead atoms. The molecule has 2 nitrogen and oxygen atoms in total. The van der Waals surface area contributed by atoms with Crippen molar-refractivity contribution in [2.45, 2.75) is 30.0 Å². The molecule has 11 heavy (non-hydrogen) atoms. The molecule has 3 heteroatoms. The Balaban J connectivity index is 3.45. The fourth-order valence-corrected chi connectivity index (χ4v) is 2.49. The fourth-order valence-electron chi connectivity index (χ4n) is 0.871. The van der Waals surface area contributed by atoms with Gasteiger partial charge in [-0.25, -0.2) is 0 Å². The Bertz CT molecular complexity index is 148. The average Bonchev–Trinajstić information content (AvgIpc) is 1.98. The molecule has 0 amide bonds. The minimum absolute atomic E-state index is 0.424. The van der Waals surface area contributed by atoms with Crippen LogP contribution in [0.2, 0.25) is 16.6 Å². The summed E-state index contributed by atoms with van der Waals surface area (Å²) in [5.41, 5.74) is 4.74. The zero-order valence-electron chi connectivity index (χ0n) is 7.72. The molecule has 0 unspecified atom stereocenters. The van der Waals surface area contributed by atoms with Crippen LogP contribution in [0.5, 0.6) is 0 Å². The van der Waals surface area contributed by atoms with Crippen LogP contribution in [0, 0.1) is 5.41 Å². The van der Waals surface area contributed by atoms with E-state index in [-0.39, 0.29) is 0 Å². The van der Waals surface area contributed by atoms with Crippen molar-refractivity contribution in [1.29, 1.82) is 5.41 Å². The maximum atomic E-state index is 6.93. The van der Waals surface area contributed by atoms with Crippen molar-refractivity contribution >= 4 is 20.7 Å². The maximum absolute atomic E-state index is 6.93. The van der Waals surface area contributed by atoms with Gasteiger partial charge in [0.2, 0.25) is 0 Å². The second-order valence-corrected chi connectivity index (χ2v) is 8.32. The fraction of sp³-hybridized carbons (Fsp3) is 0.875. The van der Waals surface area contributed by atoms with Crippen molar-refractivity contribution in [2.75, 3.05) is 13.1 Å². The zero-order chi connectivity index (χ0) is 8.69. The molecule has 0 atom stereocenters. The van der Waals surface area contributed by atoms with Gasteiger partial charge in [-0.05, 0) is 0 Å². The van der Waals surface area contributed by atoms with E-state index in [4.69, 9.17) is 5.41 Å². The Morgan fingerprint density at radius 3 is 2.45 bits per heavy atom. The van der Waals surface area contributed by atoms with Gasteiger partial charge in [-0.1, -0.05) is 0 Å². The number of hydrogen-bond acceptors (Lipinski definition) is 1. The molecule has 0 aromatic rings. The molecule has 0 rings (SSSR count). The molecular formula is C8H18AsN2+. The summed E-state index contributed by atoms with van der Waals surface area (Å²) in [6.45, 7) is 4.01. The SMILES string of the molecule is CC[N+](=C=N)CCC[As](C)C. The standard InChI is InChI=1S/C8H18AsN2/c1-4-11(8-10)7-5-6-9(2)3/h10H,4-7H2,1-3H3/q+1. The first kappa shape index (κ1) is 10.9. The summed E-state index contributed by atoms with van der Waals surface area (Å²) in [7, 11) is 0. The zero-order valence-corrected chi connectivity index (χ0v) is 9.60. The Kier molecular flexibility index (Phi) is 6.60. The van der Waals surface area contributed by atoms with Crippen LogP contribution in [-0.4, -0.2) is 38.3 Å². The van der Waals surface area contributed by atoms with Gasteiger partial charge < -0.3 is 0 Å². The number of nitrogens with one attached hydrogen (secondary N) is 1. The van der Waals surface area contributed by atoms with Crippen LogP contribution in [0.25, 0.3) is 0 Å². The quantitative estimate of drug-likeness (QED) is 0.414. The molecule has 0 aromatic carbocycles. The number of rotatable bonds is 5. The van der Waals surface area contributed by atoms with Gasteiger partial charge in [-0.3, -0.25) is 0 Å². The van der Waals surface area contributed by atoms with Crippen LogP contribution < -0.4 is 0 Å². The van der Waals surface area contributed by atoms with E-state index in [0.29, 0.717) is 0 Å². The van der Waals surface area contributed by atoms with Gasteiger partial charge in [-0.15, -0.1) is 0 Å². The number of nitrogens with zero attached hydrogens (tertiary/aromatic N) is 1. The summed E-state index contributed by atoms with van der Waals surface area (Å²) in [5.74, 6) is 0. The van der Waals surface area contributed by atoms with E-state index in [0.717, 1.165) is 13.1 Å². The van der Waals surface area contributed by atoms with Crippen LogP contribution in [0.3, 0.4) is 0 Å². The van der Waals surface area contributed by atoms with E-state index in [1.807, 2.05) is 4.58 Å². The first-order valence-corrected chi connectivity index (χ1v) is 9.10. The predicted octanol–water partition coefficient (Wildman–Crippen LogP) is 1.92. The van der Waals surface area contributed by atoms with Crippen LogP contribution in [0.15, 0.2) is 0 Å². The van der Waals surface area contributed by atoms with E-state index in [1.54, 1.807) is 0 Å². The molecule has 1 N–H and O–H groups in total. The summed E-state index contributed by atoms with van der Waals surface area (Å²) in [5, 5.41) is 8.33. The van der Waals surface area contributed by atoms with Gasteiger partial charge in [0, 0.05) is 0 Å². The molecule has 0 aliphatic carbocycles.